The van der Waals surface area contributed by atoms with Gasteiger partial charge in [0.05, 0.1) is 5.69 Å². The summed E-state index contributed by atoms with van der Waals surface area (Å²) in [6.07, 6.45) is 4.75. The van der Waals surface area contributed by atoms with E-state index in [2.05, 4.69) is 20.4 Å². The summed E-state index contributed by atoms with van der Waals surface area (Å²) in [5.41, 5.74) is 0.792. The number of nitrogens with one attached hydrogen (secondary N) is 1. The SMILES string of the molecule is CC(=O)Nc1nc(C)c(-c2nc(C3CCCC3)no2)s1. The fraction of sp³-hybridized carbons (Fsp3) is 0.538. The topological polar surface area (TPSA) is 80.9 Å². The Kier molecular flexibility index (Phi) is 3.52. The molecule has 3 rings (SSSR count). The molecule has 0 unspecified atom stereocenters. The first-order chi connectivity index (χ1) is 9.63. The van der Waals surface area contributed by atoms with E-state index < -0.39 is 0 Å². The van der Waals surface area contributed by atoms with Crippen molar-refractivity contribution in [1.29, 1.82) is 0 Å². The minimum absolute atomic E-state index is 0.137. The first-order valence-corrected chi connectivity index (χ1v) is 7.54. The zero-order chi connectivity index (χ0) is 14.1. The number of rotatable bonds is 3. The predicted octanol–water partition coefficient (Wildman–Crippen LogP) is 3.12. The second-order valence-corrected chi connectivity index (χ2v) is 6.05. The molecule has 1 amide bonds. The van der Waals surface area contributed by atoms with Gasteiger partial charge in [0.25, 0.3) is 5.89 Å². The van der Waals surface area contributed by atoms with E-state index in [1.165, 1.54) is 31.1 Å². The molecule has 0 aliphatic heterocycles. The van der Waals surface area contributed by atoms with Crippen LogP contribution in [0.15, 0.2) is 4.52 Å². The lowest BCUT2D eigenvalue weighted by atomic mass is 10.1. The second kappa shape index (κ2) is 5.32. The molecule has 2 heterocycles. The molecular formula is C13H16N4O2S. The Labute approximate surface area is 120 Å². The molecule has 2 aromatic rings. The van der Waals surface area contributed by atoms with E-state index in [-0.39, 0.29) is 5.91 Å². The van der Waals surface area contributed by atoms with Crippen molar-refractivity contribution in [2.24, 2.45) is 0 Å². The normalized spacial score (nSPS) is 15.7. The first kappa shape index (κ1) is 13.2. The summed E-state index contributed by atoms with van der Waals surface area (Å²) in [7, 11) is 0. The molecule has 2 aromatic heterocycles. The highest BCUT2D eigenvalue weighted by molar-refractivity contribution is 7.19. The molecule has 20 heavy (non-hydrogen) atoms. The lowest BCUT2D eigenvalue weighted by molar-refractivity contribution is -0.114. The van der Waals surface area contributed by atoms with E-state index in [9.17, 15) is 4.79 Å². The number of hydrogen-bond acceptors (Lipinski definition) is 6. The summed E-state index contributed by atoms with van der Waals surface area (Å²) < 4.78 is 5.36. The van der Waals surface area contributed by atoms with Gasteiger partial charge in [0.1, 0.15) is 4.88 Å². The van der Waals surface area contributed by atoms with Crippen LogP contribution in [0.2, 0.25) is 0 Å². The number of amides is 1. The van der Waals surface area contributed by atoms with Gasteiger partial charge in [-0.2, -0.15) is 4.98 Å². The highest BCUT2D eigenvalue weighted by Crippen LogP contribution is 2.36. The Balaban J connectivity index is 1.85. The van der Waals surface area contributed by atoms with Crippen molar-refractivity contribution in [2.75, 3.05) is 5.32 Å². The van der Waals surface area contributed by atoms with Crippen LogP contribution in [0.3, 0.4) is 0 Å². The Morgan fingerprint density at radius 3 is 2.80 bits per heavy atom. The van der Waals surface area contributed by atoms with Crippen LogP contribution in [-0.2, 0) is 4.79 Å². The quantitative estimate of drug-likeness (QED) is 0.940. The van der Waals surface area contributed by atoms with Crippen LogP contribution in [0.4, 0.5) is 5.13 Å². The number of nitrogens with zero attached hydrogens (tertiary/aromatic N) is 3. The maximum absolute atomic E-state index is 11.1. The molecule has 1 aliphatic carbocycles. The molecule has 1 aliphatic rings. The maximum Gasteiger partial charge on any atom is 0.270 e. The molecule has 106 valence electrons. The summed E-state index contributed by atoms with van der Waals surface area (Å²) in [6.45, 7) is 3.33. The molecule has 0 aromatic carbocycles. The Morgan fingerprint density at radius 2 is 2.10 bits per heavy atom. The number of hydrogen-bond donors (Lipinski definition) is 1. The van der Waals surface area contributed by atoms with Crippen LogP contribution < -0.4 is 5.32 Å². The van der Waals surface area contributed by atoms with Gasteiger partial charge in [-0.1, -0.05) is 29.3 Å². The third-order valence-corrected chi connectivity index (χ3v) is 4.50. The average Bonchev–Trinajstić information content (AvgIpc) is 3.07. The minimum atomic E-state index is -0.137. The lowest BCUT2D eigenvalue weighted by Crippen LogP contribution is -2.04. The van der Waals surface area contributed by atoms with Crippen molar-refractivity contribution in [1.82, 2.24) is 15.1 Å². The monoisotopic (exact) mass is 292 g/mol. The molecular weight excluding hydrogens is 276 g/mol. The van der Waals surface area contributed by atoms with Gasteiger partial charge in [-0.05, 0) is 19.8 Å². The zero-order valence-corrected chi connectivity index (χ0v) is 12.3. The van der Waals surface area contributed by atoms with E-state index in [1.807, 2.05) is 6.92 Å². The molecule has 0 spiro atoms. The number of carbonyl (C=O) groups excluding carboxylic acids is 1. The van der Waals surface area contributed by atoms with Gasteiger partial charge < -0.3 is 9.84 Å². The van der Waals surface area contributed by atoms with Gasteiger partial charge in [0, 0.05) is 12.8 Å². The van der Waals surface area contributed by atoms with E-state index in [0.717, 1.165) is 29.2 Å². The number of aromatic nitrogens is 3. The Hall–Kier alpha value is -1.76. The van der Waals surface area contributed by atoms with Crippen LogP contribution in [0, 0.1) is 6.92 Å². The standard InChI is InChI=1S/C13H16N4O2S/c1-7-10(20-13(14-7)15-8(2)18)12-16-11(17-19-12)9-5-3-4-6-9/h9H,3-6H2,1-2H3,(H,14,15,18). The van der Waals surface area contributed by atoms with Gasteiger partial charge in [-0.3, -0.25) is 4.79 Å². The fourth-order valence-corrected chi connectivity index (χ4v) is 3.41. The molecule has 0 atom stereocenters. The van der Waals surface area contributed by atoms with Crippen LogP contribution in [0.5, 0.6) is 0 Å². The predicted molar refractivity (Wildman–Crippen MR) is 75.7 cm³/mol. The number of aryl methyl sites for hydroxylation is 1. The van der Waals surface area contributed by atoms with Crippen molar-refractivity contribution in [3.63, 3.8) is 0 Å². The smallest absolute Gasteiger partial charge is 0.270 e. The summed E-state index contributed by atoms with van der Waals surface area (Å²) in [4.78, 5) is 20.7. The molecule has 7 heteroatoms. The molecule has 1 saturated carbocycles. The molecule has 0 bridgehead atoms. The molecule has 6 nitrogen and oxygen atoms in total. The van der Waals surface area contributed by atoms with E-state index in [4.69, 9.17) is 4.52 Å². The second-order valence-electron chi connectivity index (χ2n) is 5.05. The molecule has 0 saturated heterocycles. The number of carbonyl (C=O) groups is 1. The third-order valence-electron chi connectivity index (χ3n) is 3.44. The largest absolute Gasteiger partial charge is 0.333 e. The maximum atomic E-state index is 11.1. The highest BCUT2D eigenvalue weighted by Gasteiger charge is 2.24. The Morgan fingerprint density at radius 1 is 1.35 bits per heavy atom. The average molecular weight is 292 g/mol. The van der Waals surface area contributed by atoms with Crippen LogP contribution in [0.1, 0.15) is 50.0 Å². The van der Waals surface area contributed by atoms with Crippen molar-refractivity contribution in [2.45, 2.75) is 45.4 Å². The van der Waals surface area contributed by atoms with Gasteiger partial charge >= 0.3 is 0 Å². The van der Waals surface area contributed by atoms with Crippen LogP contribution in [0.25, 0.3) is 10.8 Å². The summed E-state index contributed by atoms with van der Waals surface area (Å²) in [6, 6.07) is 0. The fourth-order valence-electron chi connectivity index (χ4n) is 2.48. The third kappa shape index (κ3) is 2.58. The first-order valence-electron chi connectivity index (χ1n) is 6.72. The Bertz CT molecular complexity index is 628. The molecule has 0 radical (unpaired) electrons. The van der Waals surface area contributed by atoms with Crippen molar-refractivity contribution in [3.8, 4) is 10.8 Å². The van der Waals surface area contributed by atoms with Crippen molar-refractivity contribution < 1.29 is 9.32 Å². The number of anilines is 1. The van der Waals surface area contributed by atoms with Gasteiger partial charge in [0.2, 0.25) is 5.91 Å². The van der Waals surface area contributed by atoms with Crippen LogP contribution >= 0.6 is 11.3 Å². The van der Waals surface area contributed by atoms with E-state index >= 15 is 0 Å². The van der Waals surface area contributed by atoms with E-state index in [0.29, 0.717) is 16.9 Å². The summed E-state index contributed by atoms with van der Waals surface area (Å²) >= 11 is 1.36. The molecule has 1 fully saturated rings. The highest BCUT2D eigenvalue weighted by atomic mass is 32.1. The summed E-state index contributed by atoms with van der Waals surface area (Å²) in [5, 5.41) is 7.33. The van der Waals surface area contributed by atoms with Gasteiger partial charge in [-0.25, -0.2) is 4.98 Å². The van der Waals surface area contributed by atoms with Crippen molar-refractivity contribution >= 4 is 22.4 Å². The van der Waals surface area contributed by atoms with Gasteiger partial charge in [-0.15, -0.1) is 0 Å². The van der Waals surface area contributed by atoms with Crippen molar-refractivity contribution in [3.05, 3.63) is 11.5 Å². The minimum Gasteiger partial charge on any atom is -0.333 e. The van der Waals surface area contributed by atoms with Gasteiger partial charge in [0.15, 0.2) is 11.0 Å². The van der Waals surface area contributed by atoms with Crippen LogP contribution in [-0.4, -0.2) is 21.0 Å². The number of thiazole rings is 1. The van der Waals surface area contributed by atoms with E-state index in [1.54, 1.807) is 0 Å². The molecule has 1 N–H and O–H groups in total. The lowest BCUT2D eigenvalue weighted by Gasteiger charge is -1.99. The zero-order valence-electron chi connectivity index (χ0n) is 11.5. The summed E-state index contributed by atoms with van der Waals surface area (Å²) in [5.74, 6) is 1.59.